The van der Waals surface area contributed by atoms with Gasteiger partial charge < -0.3 is 15.4 Å². The van der Waals surface area contributed by atoms with Gasteiger partial charge in [0.25, 0.3) is 0 Å². The van der Waals surface area contributed by atoms with E-state index in [1.54, 1.807) is 13.1 Å². The molecule has 6 heteroatoms. The summed E-state index contributed by atoms with van der Waals surface area (Å²) in [7, 11) is 1.76. The van der Waals surface area contributed by atoms with E-state index in [2.05, 4.69) is 29.5 Å². The van der Waals surface area contributed by atoms with Crippen LogP contribution in [-0.4, -0.2) is 38.3 Å². The first-order valence-corrected chi connectivity index (χ1v) is 8.90. The lowest BCUT2D eigenvalue weighted by Gasteiger charge is -2.21. The van der Waals surface area contributed by atoms with Crippen LogP contribution in [0.2, 0.25) is 0 Å². The molecule has 0 spiro atoms. The molecule has 2 N–H and O–H groups in total. The second-order valence-corrected chi connectivity index (χ2v) is 6.64. The number of nitrogens with one attached hydrogen (secondary N) is 2. The molecule has 1 saturated carbocycles. The number of nitrogens with zero attached hydrogens (tertiary/aromatic N) is 1. The van der Waals surface area contributed by atoms with Crippen molar-refractivity contribution in [1.82, 2.24) is 10.6 Å². The van der Waals surface area contributed by atoms with Crippen molar-refractivity contribution in [1.29, 1.82) is 0 Å². The predicted molar refractivity (Wildman–Crippen MR) is 112 cm³/mol. The van der Waals surface area contributed by atoms with Crippen molar-refractivity contribution in [2.75, 3.05) is 20.2 Å². The third kappa shape index (κ3) is 6.73. The average Bonchev–Trinajstić information content (AvgIpc) is 3.32. The largest absolute Gasteiger partial charge is 0.378 e. The fraction of sp³-hybridized carbons (Fsp3) is 0.632. The van der Waals surface area contributed by atoms with Gasteiger partial charge in [0.1, 0.15) is 5.82 Å². The van der Waals surface area contributed by atoms with Gasteiger partial charge in [0.2, 0.25) is 0 Å². The molecule has 0 aliphatic heterocycles. The Hall–Kier alpha value is -0.890. The van der Waals surface area contributed by atoms with Gasteiger partial charge in [-0.15, -0.1) is 24.0 Å². The van der Waals surface area contributed by atoms with Gasteiger partial charge >= 0.3 is 0 Å². The summed E-state index contributed by atoms with van der Waals surface area (Å²) >= 11 is 0. The first-order valence-electron chi connectivity index (χ1n) is 8.90. The van der Waals surface area contributed by atoms with Crippen LogP contribution in [0.25, 0.3) is 0 Å². The molecule has 1 aliphatic rings. The number of benzene rings is 1. The Bertz CT molecular complexity index is 553. The van der Waals surface area contributed by atoms with Crippen molar-refractivity contribution in [3.8, 4) is 0 Å². The molecular weight excluding hydrogens is 432 g/mol. The highest BCUT2D eigenvalue weighted by atomic mass is 127. The average molecular weight is 463 g/mol. The maximum absolute atomic E-state index is 13.8. The zero-order valence-electron chi connectivity index (χ0n) is 15.6. The first-order chi connectivity index (χ1) is 11.6. The summed E-state index contributed by atoms with van der Waals surface area (Å²) < 4.78 is 19.6. The maximum Gasteiger partial charge on any atom is 0.191 e. The molecule has 0 heterocycles. The third-order valence-electron chi connectivity index (χ3n) is 4.49. The number of rotatable bonds is 8. The third-order valence-corrected chi connectivity index (χ3v) is 4.49. The molecule has 2 rings (SSSR count). The second kappa shape index (κ2) is 11.0. The van der Waals surface area contributed by atoms with Crippen LogP contribution in [-0.2, 0) is 4.74 Å². The quantitative estimate of drug-likeness (QED) is 0.349. The Morgan fingerprint density at radius 1 is 1.36 bits per heavy atom. The highest BCUT2D eigenvalue weighted by molar-refractivity contribution is 14.0. The van der Waals surface area contributed by atoms with E-state index in [-0.39, 0.29) is 47.9 Å². The van der Waals surface area contributed by atoms with Crippen LogP contribution in [0.1, 0.15) is 45.1 Å². The van der Waals surface area contributed by atoms with Crippen LogP contribution < -0.4 is 10.6 Å². The smallest absolute Gasteiger partial charge is 0.191 e. The lowest BCUT2D eigenvalue weighted by Crippen LogP contribution is -2.40. The van der Waals surface area contributed by atoms with Crippen LogP contribution in [0, 0.1) is 11.7 Å². The molecular formula is C19H31FIN3O. The van der Waals surface area contributed by atoms with E-state index in [4.69, 9.17) is 4.74 Å². The van der Waals surface area contributed by atoms with Crippen molar-refractivity contribution >= 4 is 29.9 Å². The van der Waals surface area contributed by atoms with Crippen molar-refractivity contribution in [3.63, 3.8) is 0 Å². The van der Waals surface area contributed by atoms with Crippen molar-refractivity contribution in [2.24, 2.45) is 10.9 Å². The van der Waals surface area contributed by atoms with Gasteiger partial charge in [-0.1, -0.05) is 32.0 Å². The number of ether oxygens (including phenoxy) is 1. The maximum atomic E-state index is 13.8. The molecule has 1 fully saturated rings. The monoisotopic (exact) mass is 463 g/mol. The minimum atomic E-state index is -0.119. The van der Waals surface area contributed by atoms with Gasteiger partial charge in [-0.3, -0.25) is 4.99 Å². The van der Waals surface area contributed by atoms with Gasteiger partial charge in [-0.05, 0) is 37.3 Å². The van der Waals surface area contributed by atoms with Crippen LogP contribution in [0.4, 0.5) is 4.39 Å². The van der Waals surface area contributed by atoms with E-state index in [0.717, 1.165) is 37.5 Å². The van der Waals surface area contributed by atoms with E-state index in [9.17, 15) is 4.39 Å². The summed E-state index contributed by atoms with van der Waals surface area (Å²) in [5.74, 6) is 1.39. The Labute approximate surface area is 168 Å². The van der Waals surface area contributed by atoms with Gasteiger partial charge in [0, 0.05) is 32.2 Å². The fourth-order valence-corrected chi connectivity index (χ4v) is 3.00. The molecule has 3 unspecified atom stereocenters. The fourth-order valence-electron chi connectivity index (χ4n) is 3.00. The number of hydrogen-bond acceptors (Lipinski definition) is 2. The van der Waals surface area contributed by atoms with E-state index in [0.29, 0.717) is 5.92 Å². The minimum absolute atomic E-state index is 0. The first kappa shape index (κ1) is 22.2. The number of aliphatic imine (C=N–C) groups is 1. The molecule has 3 atom stereocenters. The van der Waals surface area contributed by atoms with Crippen molar-refractivity contribution in [3.05, 3.63) is 35.6 Å². The van der Waals surface area contributed by atoms with E-state index >= 15 is 0 Å². The molecule has 1 aromatic rings. The Balaban J connectivity index is 0.00000312. The van der Waals surface area contributed by atoms with Crippen LogP contribution in [0.5, 0.6) is 0 Å². The lowest BCUT2D eigenvalue weighted by atomic mass is 10.0. The van der Waals surface area contributed by atoms with E-state index in [1.165, 1.54) is 6.07 Å². The zero-order valence-corrected chi connectivity index (χ0v) is 17.9. The van der Waals surface area contributed by atoms with Gasteiger partial charge in [0.05, 0.1) is 6.10 Å². The van der Waals surface area contributed by atoms with Crippen LogP contribution >= 0.6 is 24.0 Å². The van der Waals surface area contributed by atoms with Gasteiger partial charge in [0.15, 0.2) is 5.96 Å². The lowest BCUT2D eigenvalue weighted by molar-refractivity contribution is 0.0258. The molecule has 0 aromatic heterocycles. The van der Waals surface area contributed by atoms with E-state index in [1.807, 2.05) is 19.1 Å². The molecule has 0 bridgehead atoms. The van der Waals surface area contributed by atoms with Crippen LogP contribution in [0.3, 0.4) is 0 Å². The molecule has 25 heavy (non-hydrogen) atoms. The summed E-state index contributed by atoms with van der Waals surface area (Å²) in [5.41, 5.74) is 0.793. The summed E-state index contributed by atoms with van der Waals surface area (Å²) in [4.78, 5) is 4.27. The number of hydrogen-bond donors (Lipinski definition) is 2. The summed E-state index contributed by atoms with van der Waals surface area (Å²) in [5, 5.41) is 6.72. The zero-order chi connectivity index (χ0) is 17.5. The number of guanidine groups is 1. The number of halogens is 2. The van der Waals surface area contributed by atoms with E-state index < -0.39 is 0 Å². The van der Waals surface area contributed by atoms with Crippen LogP contribution in [0.15, 0.2) is 29.3 Å². The standard InChI is InChI=1S/C19H30FN3O.HI/c1-5-24-18(13(2)3)10-11-22-19(21-4)23-17-12-15(17)14-8-6-7-9-16(14)20;/h6-9,13,15,17-18H,5,10-12H2,1-4H3,(H2,21,22,23);1H. The summed E-state index contributed by atoms with van der Waals surface area (Å²) in [6.45, 7) is 7.92. The van der Waals surface area contributed by atoms with Gasteiger partial charge in [-0.25, -0.2) is 4.39 Å². The summed E-state index contributed by atoms with van der Waals surface area (Å²) in [6, 6.07) is 7.26. The molecule has 0 saturated heterocycles. The van der Waals surface area contributed by atoms with Crippen molar-refractivity contribution < 1.29 is 9.13 Å². The minimum Gasteiger partial charge on any atom is -0.378 e. The topological polar surface area (TPSA) is 45.6 Å². The summed E-state index contributed by atoms with van der Waals surface area (Å²) in [6.07, 6.45) is 2.13. The molecule has 1 aromatic carbocycles. The Morgan fingerprint density at radius 3 is 2.68 bits per heavy atom. The Morgan fingerprint density at radius 2 is 2.08 bits per heavy atom. The normalized spacial score (nSPS) is 20.8. The van der Waals surface area contributed by atoms with Gasteiger partial charge in [-0.2, -0.15) is 0 Å². The predicted octanol–water partition coefficient (Wildman–Crippen LogP) is 3.92. The molecule has 142 valence electrons. The molecule has 0 amide bonds. The highest BCUT2D eigenvalue weighted by Gasteiger charge is 2.40. The highest BCUT2D eigenvalue weighted by Crippen LogP contribution is 2.41. The Kier molecular flexibility index (Phi) is 9.71. The molecule has 1 aliphatic carbocycles. The van der Waals surface area contributed by atoms with Crippen molar-refractivity contribution in [2.45, 2.75) is 51.7 Å². The second-order valence-electron chi connectivity index (χ2n) is 6.64. The molecule has 0 radical (unpaired) electrons. The SMILES string of the molecule is CCOC(CCNC(=NC)NC1CC1c1ccccc1F)C(C)C.I. The molecule has 4 nitrogen and oxygen atoms in total.